The predicted octanol–water partition coefficient (Wildman–Crippen LogP) is 3.94. The fourth-order valence-electron chi connectivity index (χ4n) is 3.23. The van der Waals surface area contributed by atoms with Crippen LogP contribution in [0.2, 0.25) is 0 Å². The Morgan fingerprint density at radius 3 is 2.65 bits per heavy atom. The number of carbonyl (C=O) groups excluding carboxylic acids is 1. The molecule has 0 spiro atoms. The second kappa shape index (κ2) is 8.72. The lowest BCUT2D eigenvalue weighted by Crippen LogP contribution is -2.18. The first-order valence-electron chi connectivity index (χ1n) is 9.13. The smallest absolute Gasteiger partial charge is 0.255 e. The number of likely N-dealkylation sites (tertiary alicyclic amines) is 1. The van der Waals surface area contributed by atoms with Crippen molar-refractivity contribution in [3.05, 3.63) is 53.6 Å². The molecular weight excluding hydrogens is 328 g/mol. The van der Waals surface area contributed by atoms with E-state index in [4.69, 9.17) is 9.47 Å². The van der Waals surface area contributed by atoms with Gasteiger partial charge in [-0.1, -0.05) is 12.1 Å². The lowest BCUT2D eigenvalue weighted by molar-refractivity contribution is 0.102. The fraction of sp³-hybridized carbons (Fsp3) is 0.381. The van der Waals surface area contributed by atoms with Crippen molar-refractivity contribution in [2.24, 2.45) is 0 Å². The summed E-state index contributed by atoms with van der Waals surface area (Å²) in [5, 5.41) is 2.97. The molecule has 1 N–H and O–H groups in total. The van der Waals surface area contributed by atoms with E-state index in [1.807, 2.05) is 25.1 Å². The van der Waals surface area contributed by atoms with Gasteiger partial charge in [-0.15, -0.1) is 0 Å². The van der Waals surface area contributed by atoms with Crippen molar-refractivity contribution in [3.8, 4) is 11.5 Å². The first-order valence-corrected chi connectivity index (χ1v) is 9.13. The Labute approximate surface area is 154 Å². The molecule has 1 aliphatic rings. The van der Waals surface area contributed by atoms with Crippen LogP contribution in [0, 0.1) is 0 Å². The Kier molecular flexibility index (Phi) is 6.12. The van der Waals surface area contributed by atoms with E-state index in [9.17, 15) is 4.79 Å². The number of ether oxygens (including phenoxy) is 2. The van der Waals surface area contributed by atoms with Gasteiger partial charge in [0.2, 0.25) is 0 Å². The van der Waals surface area contributed by atoms with Gasteiger partial charge in [0.15, 0.2) is 11.5 Å². The zero-order chi connectivity index (χ0) is 18.4. The highest BCUT2D eigenvalue weighted by Crippen LogP contribution is 2.28. The molecule has 1 aliphatic heterocycles. The van der Waals surface area contributed by atoms with Gasteiger partial charge in [-0.25, -0.2) is 0 Å². The van der Waals surface area contributed by atoms with Gasteiger partial charge in [0.25, 0.3) is 5.91 Å². The third kappa shape index (κ3) is 4.55. The summed E-state index contributed by atoms with van der Waals surface area (Å²) in [5.41, 5.74) is 2.56. The first-order chi connectivity index (χ1) is 12.7. The summed E-state index contributed by atoms with van der Waals surface area (Å²) < 4.78 is 10.8. The maximum Gasteiger partial charge on any atom is 0.255 e. The minimum atomic E-state index is -0.162. The van der Waals surface area contributed by atoms with Crippen LogP contribution >= 0.6 is 0 Å². The Bertz CT molecular complexity index is 755. The molecule has 0 aromatic heterocycles. The molecular formula is C21H26N2O3. The zero-order valence-electron chi connectivity index (χ0n) is 15.5. The van der Waals surface area contributed by atoms with Crippen LogP contribution in [-0.2, 0) is 6.54 Å². The molecule has 0 aliphatic carbocycles. The minimum Gasteiger partial charge on any atom is -0.493 e. The van der Waals surface area contributed by atoms with Crippen molar-refractivity contribution < 1.29 is 14.3 Å². The Morgan fingerprint density at radius 2 is 1.92 bits per heavy atom. The van der Waals surface area contributed by atoms with E-state index >= 15 is 0 Å². The third-order valence-corrected chi connectivity index (χ3v) is 4.52. The number of hydrogen-bond donors (Lipinski definition) is 1. The van der Waals surface area contributed by atoms with E-state index in [1.54, 1.807) is 25.3 Å². The number of hydrogen-bond acceptors (Lipinski definition) is 4. The SMILES string of the molecule is CCOc1ccc(C(=O)Nc2cccc(CN3CCCC3)c2)cc1OC. The fourth-order valence-corrected chi connectivity index (χ4v) is 3.23. The molecule has 5 nitrogen and oxygen atoms in total. The largest absolute Gasteiger partial charge is 0.493 e. The van der Waals surface area contributed by atoms with Crippen LogP contribution in [0.5, 0.6) is 11.5 Å². The van der Waals surface area contributed by atoms with E-state index in [1.165, 1.54) is 18.4 Å². The maximum absolute atomic E-state index is 12.6. The zero-order valence-corrected chi connectivity index (χ0v) is 15.5. The van der Waals surface area contributed by atoms with Gasteiger partial charge in [0.05, 0.1) is 13.7 Å². The Morgan fingerprint density at radius 1 is 1.12 bits per heavy atom. The summed E-state index contributed by atoms with van der Waals surface area (Å²) in [4.78, 5) is 15.0. The third-order valence-electron chi connectivity index (χ3n) is 4.52. The normalized spacial score (nSPS) is 14.2. The monoisotopic (exact) mass is 354 g/mol. The number of nitrogens with one attached hydrogen (secondary N) is 1. The number of carbonyl (C=O) groups is 1. The molecule has 5 heteroatoms. The highest BCUT2D eigenvalue weighted by Gasteiger charge is 2.13. The summed E-state index contributed by atoms with van der Waals surface area (Å²) in [6, 6.07) is 13.3. The number of anilines is 1. The number of rotatable bonds is 7. The second-order valence-corrected chi connectivity index (χ2v) is 6.44. The topological polar surface area (TPSA) is 50.8 Å². The van der Waals surface area contributed by atoms with Crippen LogP contribution in [0.1, 0.15) is 35.7 Å². The Hall–Kier alpha value is -2.53. The van der Waals surface area contributed by atoms with Gasteiger partial charge in [0.1, 0.15) is 0 Å². The highest BCUT2D eigenvalue weighted by molar-refractivity contribution is 6.04. The van der Waals surface area contributed by atoms with E-state index in [0.29, 0.717) is 23.7 Å². The lowest BCUT2D eigenvalue weighted by Gasteiger charge is -2.15. The molecule has 0 unspecified atom stereocenters. The molecule has 1 saturated heterocycles. The number of amides is 1. The van der Waals surface area contributed by atoms with Crippen LogP contribution in [0.4, 0.5) is 5.69 Å². The van der Waals surface area contributed by atoms with Gasteiger partial charge in [0, 0.05) is 17.8 Å². The molecule has 0 bridgehead atoms. The molecule has 3 rings (SSSR count). The van der Waals surface area contributed by atoms with Gasteiger partial charge in [-0.2, -0.15) is 0 Å². The van der Waals surface area contributed by atoms with Crippen LogP contribution in [0.15, 0.2) is 42.5 Å². The van der Waals surface area contributed by atoms with Crippen molar-refractivity contribution in [1.29, 1.82) is 0 Å². The van der Waals surface area contributed by atoms with Crippen molar-refractivity contribution in [1.82, 2.24) is 4.90 Å². The summed E-state index contributed by atoms with van der Waals surface area (Å²) in [6.45, 7) is 5.70. The molecule has 1 amide bonds. The van der Waals surface area contributed by atoms with Crippen molar-refractivity contribution >= 4 is 11.6 Å². The summed E-state index contributed by atoms with van der Waals surface area (Å²) in [6.07, 6.45) is 2.55. The molecule has 1 fully saturated rings. The van der Waals surface area contributed by atoms with E-state index in [-0.39, 0.29) is 5.91 Å². The number of methoxy groups -OCH3 is 1. The van der Waals surface area contributed by atoms with Crippen LogP contribution in [0.3, 0.4) is 0 Å². The van der Waals surface area contributed by atoms with Crippen molar-refractivity contribution in [2.45, 2.75) is 26.3 Å². The van der Waals surface area contributed by atoms with E-state index in [0.717, 1.165) is 25.3 Å². The summed E-state index contributed by atoms with van der Waals surface area (Å²) >= 11 is 0. The van der Waals surface area contributed by atoms with Gasteiger partial charge in [-0.05, 0) is 68.8 Å². The quantitative estimate of drug-likeness (QED) is 0.818. The van der Waals surface area contributed by atoms with E-state index < -0.39 is 0 Å². The number of nitrogens with zero attached hydrogens (tertiary/aromatic N) is 1. The van der Waals surface area contributed by atoms with Crippen LogP contribution < -0.4 is 14.8 Å². The van der Waals surface area contributed by atoms with Gasteiger partial charge < -0.3 is 14.8 Å². The average Bonchev–Trinajstić information content (AvgIpc) is 3.15. The second-order valence-electron chi connectivity index (χ2n) is 6.44. The summed E-state index contributed by atoms with van der Waals surface area (Å²) in [5.74, 6) is 1.03. The molecule has 1 heterocycles. The predicted molar refractivity (Wildman–Crippen MR) is 103 cm³/mol. The Balaban J connectivity index is 1.69. The van der Waals surface area contributed by atoms with Crippen molar-refractivity contribution in [3.63, 3.8) is 0 Å². The molecule has 2 aromatic carbocycles. The lowest BCUT2D eigenvalue weighted by atomic mass is 10.1. The molecule has 0 saturated carbocycles. The molecule has 2 aromatic rings. The van der Waals surface area contributed by atoms with Crippen molar-refractivity contribution in [2.75, 3.05) is 32.1 Å². The van der Waals surface area contributed by atoms with Gasteiger partial charge >= 0.3 is 0 Å². The maximum atomic E-state index is 12.6. The highest BCUT2D eigenvalue weighted by atomic mass is 16.5. The minimum absolute atomic E-state index is 0.162. The van der Waals surface area contributed by atoms with E-state index in [2.05, 4.69) is 16.3 Å². The molecule has 0 radical (unpaired) electrons. The molecule has 138 valence electrons. The standard InChI is InChI=1S/C21H26N2O3/c1-3-26-19-10-9-17(14-20(19)25-2)21(24)22-18-8-6-7-16(13-18)15-23-11-4-5-12-23/h6-10,13-14H,3-5,11-12,15H2,1-2H3,(H,22,24). The number of benzene rings is 2. The van der Waals surface area contributed by atoms with Crippen LogP contribution in [0.25, 0.3) is 0 Å². The first kappa shape index (κ1) is 18.3. The molecule has 26 heavy (non-hydrogen) atoms. The summed E-state index contributed by atoms with van der Waals surface area (Å²) in [7, 11) is 1.57. The average molecular weight is 354 g/mol. The van der Waals surface area contributed by atoms with Gasteiger partial charge in [-0.3, -0.25) is 9.69 Å². The molecule has 0 atom stereocenters. The van der Waals surface area contributed by atoms with Crippen LogP contribution in [-0.4, -0.2) is 37.6 Å².